The Bertz CT molecular complexity index is 1220. The first-order valence-corrected chi connectivity index (χ1v) is 11.8. The third-order valence-corrected chi connectivity index (χ3v) is 6.36. The van der Waals surface area contributed by atoms with Gasteiger partial charge in [0.1, 0.15) is 0 Å². The Balaban J connectivity index is 1.42. The highest BCUT2D eigenvalue weighted by molar-refractivity contribution is 6.33. The molecule has 0 saturated carbocycles. The maximum absolute atomic E-state index is 12.9. The number of nitrogens with one attached hydrogen (secondary N) is 1. The van der Waals surface area contributed by atoms with Gasteiger partial charge in [-0.3, -0.25) is 9.59 Å². The highest BCUT2D eigenvalue weighted by Gasteiger charge is 2.24. The molecule has 0 aromatic heterocycles. The molecule has 1 aliphatic heterocycles. The summed E-state index contributed by atoms with van der Waals surface area (Å²) >= 11 is 6.59. The number of benzene rings is 3. The van der Waals surface area contributed by atoms with Crippen molar-refractivity contribution in [3.05, 3.63) is 76.8 Å². The van der Waals surface area contributed by atoms with Gasteiger partial charge in [0.2, 0.25) is 5.75 Å². The number of halogens is 1. The molecular formula is C27H28ClN3O5. The SMILES string of the molecule is COc1cc(C(=O)Nc2ccc(N3CCN(C(=O)c4ccccc4)CC3)c(Cl)c2)cc(OC)c1OC. The molecule has 0 bridgehead atoms. The first-order chi connectivity index (χ1) is 17.4. The van der Waals surface area contributed by atoms with Gasteiger partial charge in [0.05, 0.1) is 32.0 Å². The fraction of sp³-hybridized carbons (Fsp3) is 0.259. The average molecular weight is 510 g/mol. The molecule has 8 nitrogen and oxygen atoms in total. The lowest BCUT2D eigenvalue weighted by Crippen LogP contribution is -2.48. The molecule has 0 atom stereocenters. The van der Waals surface area contributed by atoms with Crippen molar-refractivity contribution < 1.29 is 23.8 Å². The number of nitrogens with zero attached hydrogens (tertiary/aromatic N) is 2. The molecule has 1 N–H and O–H groups in total. The summed E-state index contributed by atoms with van der Waals surface area (Å²) in [5.74, 6) is 0.882. The van der Waals surface area contributed by atoms with Crippen LogP contribution in [0, 0.1) is 0 Å². The van der Waals surface area contributed by atoms with Crippen LogP contribution in [-0.2, 0) is 0 Å². The zero-order chi connectivity index (χ0) is 25.7. The van der Waals surface area contributed by atoms with E-state index in [-0.39, 0.29) is 11.8 Å². The lowest BCUT2D eigenvalue weighted by atomic mass is 10.1. The molecule has 0 aliphatic carbocycles. The van der Waals surface area contributed by atoms with Gasteiger partial charge in [-0.25, -0.2) is 0 Å². The number of methoxy groups -OCH3 is 3. The molecule has 188 valence electrons. The van der Waals surface area contributed by atoms with E-state index in [4.69, 9.17) is 25.8 Å². The van der Waals surface area contributed by atoms with Crippen molar-refractivity contribution in [2.75, 3.05) is 57.7 Å². The Hall–Kier alpha value is -3.91. The van der Waals surface area contributed by atoms with E-state index in [9.17, 15) is 9.59 Å². The number of ether oxygens (including phenoxy) is 3. The lowest BCUT2D eigenvalue weighted by Gasteiger charge is -2.36. The average Bonchev–Trinajstić information content (AvgIpc) is 2.92. The van der Waals surface area contributed by atoms with Crippen LogP contribution in [0.25, 0.3) is 0 Å². The van der Waals surface area contributed by atoms with Crippen LogP contribution in [0.3, 0.4) is 0 Å². The van der Waals surface area contributed by atoms with Gasteiger partial charge in [-0.15, -0.1) is 0 Å². The molecule has 1 saturated heterocycles. The van der Waals surface area contributed by atoms with Crippen molar-refractivity contribution in [2.24, 2.45) is 0 Å². The van der Waals surface area contributed by atoms with Gasteiger partial charge in [-0.05, 0) is 42.5 Å². The zero-order valence-electron chi connectivity index (χ0n) is 20.4. The van der Waals surface area contributed by atoms with E-state index in [1.165, 1.54) is 21.3 Å². The van der Waals surface area contributed by atoms with E-state index >= 15 is 0 Å². The van der Waals surface area contributed by atoms with E-state index in [1.54, 1.807) is 24.3 Å². The number of carbonyl (C=O) groups is 2. The fourth-order valence-electron chi connectivity index (χ4n) is 4.17. The van der Waals surface area contributed by atoms with Gasteiger partial charge >= 0.3 is 0 Å². The molecule has 36 heavy (non-hydrogen) atoms. The van der Waals surface area contributed by atoms with Crippen LogP contribution in [0.15, 0.2) is 60.7 Å². The van der Waals surface area contributed by atoms with Crippen LogP contribution in [0.5, 0.6) is 17.2 Å². The Labute approximate surface area is 215 Å². The first kappa shape index (κ1) is 25.2. The Morgan fingerprint density at radius 3 is 2.00 bits per heavy atom. The molecular weight excluding hydrogens is 482 g/mol. The van der Waals surface area contributed by atoms with Gasteiger partial charge in [0.15, 0.2) is 11.5 Å². The normalized spacial score (nSPS) is 13.2. The number of rotatable bonds is 7. The second-order valence-electron chi connectivity index (χ2n) is 8.18. The van der Waals surface area contributed by atoms with Gasteiger partial charge in [-0.1, -0.05) is 29.8 Å². The van der Waals surface area contributed by atoms with Crippen molar-refractivity contribution in [2.45, 2.75) is 0 Å². The third-order valence-electron chi connectivity index (χ3n) is 6.06. The minimum atomic E-state index is -0.342. The quantitative estimate of drug-likeness (QED) is 0.502. The van der Waals surface area contributed by atoms with Crippen molar-refractivity contribution >= 4 is 34.8 Å². The number of anilines is 2. The number of hydrogen-bond donors (Lipinski definition) is 1. The summed E-state index contributed by atoms with van der Waals surface area (Å²) in [6.45, 7) is 2.53. The van der Waals surface area contributed by atoms with Gasteiger partial charge in [0.25, 0.3) is 11.8 Å². The highest BCUT2D eigenvalue weighted by Crippen LogP contribution is 2.38. The van der Waals surface area contributed by atoms with Crippen molar-refractivity contribution in [1.29, 1.82) is 0 Å². The summed E-state index contributed by atoms with van der Waals surface area (Å²) in [5, 5.41) is 3.38. The van der Waals surface area contributed by atoms with Crippen molar-refractivity contribution in [1.82, 2.24) is 4.90 Å². The predicted molar refractivity (Wildman–Crippen MR) is 140 cm³/mol. The molecule has 1 aliphatic rings. The van der Waals surface area contributed by atoms with Gasteiger partial charge < -0.3 is 29.3 Å². The Morgan fingerprint density at radius 1 is 0.806 bits per heavy atom. The number of carbonyl (C=O) groups excluding carboxylic acids is 2. The molecule has 0 unspecified atom stereocenters. The molecule has 3 aromatic carbocycles. The van der Waals surface area contributed by atoms with Gasteiger partial charge in [-0.2, -0.15) is 0 Å². The minimum absolute atomic E-state index is 0.0335. The molecule has 2 amide bonds. The maximum Gasteiger partial charge on any atom is 0.255 e. The smallest absolute Gasteiger partial charge is 0.255 e. The molecule has 9 heteroatoms. The summed E-state index contributed by atoms with van der Waals surface area (Å²) in [6.07, 6.45) is 0. The molecule has 0 spiro atoms. The van der Waals surface area contributed by atoms with Crippen LogP contribution in [0.1, 0.15) is 20.7 Å². The number of amides is 2. The van der Waals surface area contributed by atoms with Crippen LogP contribution in [0.4, 0.5) is 11.4 Å². The standard InChI is InChI=1S/C27H28ClN3O5/c1-34-23-15-19(16-24(35-2)25(23)36-3)26(32)29-20-9-10-22(21(28)17-20)30-11-13-31(14-12-30)27(33)18-7-5-4-6-8-18/h4-10,15-17H,11-14H2,1-3H3,(H,29,32). The lowest BCUT2D eigenvalue weighted by molar-refractivity contribution is 0.0746. The monoisotopic (exact) mass is 509 g/mol. The molecule has 4 rings (SSSR count). The number of piperazine rings is 1. The number of hydrogen-bond acceptors (Lipinski definition) is 6. The first-order valence-electron chi connectivity index (χ1n) is 11.4. The predicted octanol–water partition coefficient (Wildman–Crippen LogP) is 4.58. The summed E-state index contributed by atoms with van der Waals surface area (Å²) < 4.78 is 16.0. The highest BCUT2D eigenvalue weighted by atomic mass is 35.5. The Morgan fingerprint density at radius 2 is 1.44 bits per heavy atom. The topological polar surface area (TPSA) is 80.3 Å². The van der Waals surface area contributed by atoms with Crippen LogP contribution in [0.2, 0.25) is 5.02 Å². The third kappa shape index (κ3) is 5.33. The van der Waals surface area contributed by atoms with Crippen LogP contribution in [-0.4, -0.2) is 64.2 Å². The minimum Gasteiger partial charge on any atom is -0.493 e. The fourth-order valence-corrected chi connectivity index (χ4v) is 4.47. The van der Waals surface area contributed by atoms with E-state index in [1.807, 2.05) is 41.3 Å². The summed E-state index contributed by atoms with van der Waals surface area (Å²) in [6, 6.07) is 17.9. The summed E-state index contributed by atoms with van der Waals surface area (Å²) in [7, 11) is 4.49. The Kier molecular flexibility index (Phi) is 7.85. The molecule has 3 aromatic rings. The molecule has 0 radical (unpaired) electrons. The van der Waals surface area contributed by atoms with E-state index in [2.05, 4.69) is 10.2 Å². The largest absolute Gasteiger partial charge is 0.493 e. The van der Waals surface area contributed by atoms with Crippen LogP contribution >= 0.6 is 11.6 Å². The van der Waals surface area contributed by atoms with E-state index < -0.39 is 0 Å². The second kappa shape index (κ2) is 11.2. The van der Waals surface area contributed by atoms with Crippen molar-refractivity contribution in [3.63, 3.8) is 0 Å². The summed E-state index contributed by atoms with van der Waals surface area (Å²) in [4.78, 5) is 29.6. The summed E-state index contributed by atoms with van der Waals surface area (Å²) in [5.41, 5.74) is 2.45. The van der Waals surface area contributed by atoms with E-state index in [0.29, 0.717) is 65.3 Å². The maximum atomic E-state index is 12.9. The van der Waals surface area contributed by atoms with Crippen molar-refractivity contribution in [3.8, 4) is 17.2 Å². The zero-order valence-corrected chi connectivity index (χ0v) is 21.2. The van der Waals surface area contributed by atoms with E-state index in [0.717, 1.165) is 5.69 Å². The second-order valence-corrected chi connectivity index (χ2v) is 8.59. The van der Waals surface area contributed by atoms with Gasteiger partial charge in [0, 0.05) is 43.0 Å². The molecule has 1 heterocycles. The van der Waals surface area contributed by atoms with Crippen LogP contribution < -0.4 is 24.4 Å². The molecule has 1 fully saturated rings.